The standard InChI is InChI=1S/C13H16N2O3/c1-4-11-12(16)15(13(17)14(11)2)9-5-7-10(18-3)8-6-9/h5-8,11H,4H2,1-3H3. The van der Waals surface area contributed by atoms with Gasteiger partial charge in [0.2, 0.25) is 0 Å². The third kappa shape index (κ3) is 1.81. The van der Waals surface area contributed by atoms with E-state index in [4.69, 9.17) is 4.74 Å². The summed E-state index contributed by atoms with van der Waals surface area (Å²) in [7, 11) is 3.22. The summed E-state index contributed by atoms with van der Waals surface area (Å²) in [5.41, 5.74) is 0.577. The number of amides is 3. The molecule has 1 aliphatic rings. The molecule has 5 nitrogen and oxygen atoms in total. The minimum absolute atomic E-state index is 0.171. The maximum Gasteiger partial charge on any atom is 0.331 e. The summed E-state index contributed by atoms with van der Waals surface area (Å²) in [6, 6.07) is 6.24. The molecule has 1 aliphatic heterocycles. The van der Waals surface area contributed by atoms with Crippen LogP contribution in [-0.4, -0.2) is 37.0 Å². The van der Waals surface area contributed by atoms with Crippen molar-refractivity contribution in [3.63, 3.8) is 0 Å². The molecule has 1 aromatic rings. The molecule has 0 spiro atoms. The fourth-order valence-corrected chi connectivity index (χ4v) is 2.12. The van der Waals surface area contributed by atoms with Gasteiger partial charge in [0.15, 0.2) is 0 Å². The number of ether oxygens (including phenoxy) is 1. The molecule has 0 aliphatic carbocycles. The lowest BCUT2D eigenvalue weighted by molar-refractivity contribution is -0.119. The van der Waals surface area contributed by atoms with E-state index in [0.29, 0.717) is 17.9 Å². The van der Waals surface area contributed by atoms with Crippen molar-refractivity contribution in [1.29, 1.82) is 0 Å². The molecular weight excluding hydrogens is 232 g/mol. The van der Waals surface area contributed by atoms with Gasteiger partial charge in [0.25, 0.3) is 5.91 Å². The van der Waals surface area contributed by atoms with Crippen molar-refractivity contribution in [2.24, 2.45) is 0 Å². The highest BCUT2D eigenvalue weighted by Crippen LogP contribution is 2.26. The predicted octanol–water partition coefficient (Wildman–Crippen LogP) is 1.87. The fourth-order valence-electron chi connectivity index (χ4n) is 2.12. The minimum Gasteiger partial charge on any atom is -0.497 e. The van der Waals surface area contributed by atoms with Crippen LogP contribution in [0.1, 0.15) is 13.3 Å². The third-order valence-electron chi connectivity index (χ3n) is 3.18. The second kappa shape index (κ2) is 4.68. The van der Waals surface area contributed by atoms with Crippen molar-refractivity contribution < 1.29 is 14.3 Å². The van der Waals surface area contributed by atoms with E-state index in [0.717, 1.165) is 0 Å². The van der Waals surface area contributed by atoms with Crippen LogP contribution in [0.2, 0.25) is 0 Å². The van der Waals surface area contributed by atoms with Crippen LogP contribution in [0.5, 0.6) is 5.75 Å². The lowest BCUT2D eigenvalue weighted by Crippen LogP contribution is -2.31. The summed E-state index contributed by atoms with van der Waals surface area (Å²) in [4.78, 5) is 26.9. The smallest absolute Gasteiger partial charge is 0.331 e. The van der Waals surface area contributed by atoms with Gasteiger partial charge in [0, 0.05) is 7.05 Å². The Morgan fingerprint density at radius 3 is 2.28 bits per heavy atom. The Kier molecular flexibility index (Phi) is 3.23. The molecule has 1 fully saturated rings. The number of urea groups is 1. The quantitative estimate of drug-likeness (QED) is 0.767. The van der Waals surface area contributed by atoms with E-state index in [1.54, 1.807) is 38.4 Å². The Morgan fingerprint density at radius 1 is 1.22 bits per heavy atom. The van der Waals surface area contributed by atoms with Crippen molar-refractivity contribution in [1.82, 2.24) is 4.90 Å². The molecule has 0 N–H and O–H groups in total. The summed E-state index contributed by atoms with van der Waals surface area (Å²) in [5.74, 6) is 0.522. The normalized spacial score (nSPS) is 19.6. The number of anilines is 1. The van der Waals surface area contributed by atoms with Crippen molar-refractivity contribution in [3.05, 3.63) is 24.3 Å². The number of nitrogens with zero attached hydrogens (tertiary/aromatic N) is 2. The van der Waals surface area contributed by atoms with E-state index in [1.807, 2.05) is 6.92 Å². The predicted molar refractivity (Wildman–Crippen MR) is 67.7 cm³/mol. The number of methoxy groups -OCH3 is 1. The molecule has 1 heterocycles. The van der Waals surface area contributed by atoms with Crippen LogP contribution in [0, 0.1) is 0 Å². The number of likely N-dealkylation sites (N-methyl/N-ethyl adjacent to an activating group) is 1. The van der Waals surface area contributed by atoms with E-state index in [-0.39, 0.29) is 18.0 Å². The molecule has 1 aromatic carbocycles. The molecule has 1 unspecified atom stereocenters. The molecule has 1 atom stereocenters. The molecule has 2 rings (SSSR count). The van der Waals surface area contributed by atoms with Crippen LogP contribution in [0.25, 0.3) is 0 Å². The highest BCUT2D eigenvalue weighted by atomic mass is 16.5. The van der Waals surface area contributed by atoms with Gasteiger partial charge in [0.1, 0.15) is 11.8 Å². The topological polar surface area (TPSA) is 49.9 Å². The first-order chi connectivity index (χ1) is 8.60. The van der Waals surface area contributed by atoms with Crippen LogP contribution in [-0.2, 0) is 4.79 Å². The van der Waals surface area contributed by atoms with Crippen LogP contribution < -0.4 is 9.64 Å². The Hall–Kier alpha value is -2.04. The van der Waals surface area contributed by atoms with Gasteiger partial charge in [-0.3, -0.25) is 4.79 Å². The lowest BCUT2D eigenvalue weighted by Gasteiger charge is -2.14. The largest absolute Gasteiger partial charge is 0.497 e. The second-order valence-corrected chi connectivity index (χ2v) is 4.19. The summed E-state index contributed by atoms with van der Waals surface area (Å²) in [6.07, 6.45) is 0.619. The first kappa shape index (κ1) is 12.4. The Balaban J connectivity index is 2.32. The molecular formula is C13H16N2O3. The van der Waals surface area contributed by atoms with E-state index in [2.05, 4.69) is 0 Å². The van der Waals surface area contributed by atoms with Crippen LogP contribution >= 0.6 is 0 Å². The van der Waals surface area contributed by atoms with Crippen LogP contribution in [0.4, 0.5) is 10.5 Å². The van der Waals surface area contributed by atoms with Crippen LogP contribution in [0.15, 0.2) is 24.3 Å². The average Bonchev–Trinajstić information content (AvgIpc) is 2.60. The van der Waals surface area contributed by atoms with Gasteiger partial charge in [-0.15, -0.1) is 0 Å². The van der Waals surface area contributed by atoms with E-state index in [9.17, 15) is 9.59 Å². The summed E-state index contributed by atoms with van der Waals surface area (Å²) in [6.45, 7) is 1.89. The number of hydrogen-bond acceptors (Lipinski definition) is 3. The monoisotopic (exact) mass is 248 g/mol. The van der Waals surface area contributed by atoms with Gasteiger partial charge < -0.3 is 9.64 Å². The van der Waals surface area contributed by atoms with E-state index < -0.39 is 0 Å². The highest BCUT2D eigenvalue weighted by Gasteiger charge is 2.42. The molecule has 0 aromatic heterocycles. The lowest BCUT2D eigenvalue weighted by atomic mass is 10.2. The van der Waals surface area contributed by atoms with Crippen molar-refractivity contribution in [3.8, 4) is 5.75 Å². The SMILES string of the molecule is CCC1C(=O)N(c2ccc(OC)cc2)C(=O)N1C. The maximum absolute atomic E-state index is 12.1. The average molecular weight is 248 g/mol. The first-order valence-corrected chi connectivity index (χ1v) is 5.85. The number of benzene rings is 1. The highest BCUT2D eigenvalue weighted by molar-refractivity contribution is 6.21. The zero-order valence-corrected chi connectivity index (χ0v) is 10.7. The Morgan fingerprint density at radius 2 is 1.83 bits per heavy atom. The Bertz CT molecular complexity index is 470. The van der Waals surface area contributed by atoms with Gasteiger partial charge in [-0.1, -0.05) is 6.92 Å². The zero-order chi connectivity index (χ0) is 13.3. The molecule has 3 amide bonds. The fraction of sp³-hybridized carbons (Fsp3) is 0.385. The molecule has 0 saturated carbocycles. The van der Waals surface area contributed by atoms with Gasteiger partial charge in [0.05, 0.1) is 12.8 Å². The first-order valence-electron chi connectivity index (χ1n) is 5.85. The molecule has 18 heavy (non-hydrogen) atoms. The number of imide groups is 1. The van der Waals surface area contributed by atoms with Gasteiger partial charge in [-0.2, -0.15) is 0 Å². The molecule has 96 valence electrons. The molecule has 5 heteroatoms. The number of rotatable bonds is 3. The van der Waals surface area contributed by atoms with Crippen molar-refractivity contribution in [2.75, 3.05) is 19.1 Å². The maximum atomic E-state index is 12.1. The molecule has 0 bridgehead atoms. The Labute approximate surface area is 106 Å². The summed E-state index contributed by atoms with van der Waals surface area (Å²) >= 11 is 0. The molecule has 1 saturated heterocycles. The summed E-state index contributed by atoms with van der Waals surface area (Å²) < 4.78 is 5.05. The summed E-state index contributed by atoms with van der Waals surface area (Å²) in [5, 5.41) is 0. The van der Waals surface area contributed by atoms with Crippen molar-refractivity contribution >= 4 is 17.6 Å². The molecule has 0 radical (unpaired) electrons. The number of hydrogen-bond donors (Lipinski definition) is 0. The van der Waals surface area contributed by atoms with Gasteiger partial charge in [-0.05, 0) is 30.7 Å². The number of carbonyl (C=O) groups is 2. The van der Waals surface area contributed by atoms with Gasteiger partial charge in [-0.25, -0.2) is 9.69 Å². The van der Waals surface area contributed by atoms with E-state index in [1.165, 1.54) is 9.80 Å². The number of carbonyl (C=O) groups excluding carboxylic acids is 2. The van der Waals surface area contributed by atoms with Gasteiger partial charge >= 0.3 is 6.03 Å². The van der Waals surface area contributed by atoms with Crippen LogP contribution in [0.3, 0.4) is 0 Å². The second-order valence-electron chi connectivity index (χ2n) is 4.19. The zero-order valence-electron chi connectivity index (χ0n) is 10.7. The van der Waals surface area contributed by atoms with E-state index >= 15 is 0 Å². The van der Waals surface area contributed by atoms with Crippen molar-refractivity contribution in [2.45, 2.75) is 19.4 Å². The third-order valence-corrected chi connectivity index (χ3v) is 3.18. The minimum atomic E-state index is -0.361.